The van der Waals surface area contributed by atoms with E-state index < -0.39 is 0 Å². The van der Waals surface area contributed by atoms with E-state index in [0.717, 1.165) is 63.3 Å². The Labute approximate surface area is 146 Å². The number of morpholine rings is 1. The van der Waals surface area contributed by atoms with Gasteiger partial charge in [-0.3, -0.25) is 9.69 Å². The minimum atomic E-state index is -0.0267. The van der Waals surface area contributed by atoms with Gasteiger partial charge >= 0.3 is 0 Å². The Balaban J connectivity index is 1.30. The van der Waals surface area contributed by atoms with E-state index in [0.29, 0.717) is 18.4 Å². The van der Waals surface area contributed by atoms with Crippen molar-refractivity contribution >= 4 is 5.91 Å². The maximum Gasteiger partial charge on any atom is 0.226 e. The number of nitrogens with zero attached hydrogens (tertiary/aromatic N) is 1. The number of ether oxygens (including phenoxy) is 1. The van der Waals surface area contributed by atoms with Crippen molar-refractivity contribution in [1.82, 2.24) is 10.2 Å². The summed E-state index contributed by atoms with van der Waals surface area (Å²) in [5.74, 6) is 3.51. The van der Waals surface area contributed by atoms with Gasteiger partial charge in [0.15, 0.2) is 0 Å². The van der Waals surface area contributed by atoms with Crippen molar-refractivity contribution in [2.75, 3.05) is 32.8 Å². The summed E-state index contributed by atoms with van der Waals surface area (Å²) in [6.45, 7) is 9.12. The number of hydrogen-bond donors (Lipinski definition) is 1. The predicted molar refractivity (Wildman–Crippen MR) is 94.6 cm³/mol. The molecule has 1 amide bonds. The first-order chi connectivity index (χ1) is 11.5. The van der Waals surface area contributed by atoms with Crippen LogP contribution >= 0.6 is 0 Å². The summed E-state index contributed by atoms with van der Waals surface area (Å²) in [6, 6.07) is 0. The van der Waals surface area contributed by atoms with Crippen LogP contribution in [0, 0.1) is 29.1 Å². The lowest BCUT2D eigenvalue weighted by Crippen LogP contribution is -2.55. The molecule has 5 aliphatic rings. The van der Waals surface area contributed by atoms with E-state index in [9.17, 15) is 4.79 Å². The highest BCUT2D eigenvalue weighted by molar-refractivity contribution is 5.83. The molecule has 4 nitrogen and oxygen atoms in total. The molecule has 1 aliphatic heterocycles. The van der Waals surface area contributed by atoms with Gasteiger partial charge in [-0.1, -0.05) is 13.8 Å². The third-order valence-corrected chi connectivity index (χ3v) is 6.86. The van der Waals surface area contributed by atoms with Crippen molar-refractivity contribution in [2.24, 2.45) is 29.1 Å². The van der Waals surface area contributed by atoms with Crippen molar-refractivity contribution < 1.29 is 9.53 Å². The summed E-state index contributed by atoms with van der Waals surface area (Å²) < 4.78 is 5.90. The van der Waals surface area contributed by atoms with Gasteiger partial charge in [-0.15, -0.1) is 0 Å². The highest BCUT2D eigenvalue weighted by atomic mass is 16.5. The Hall–Kier alpha value is -0.610. The van der Waals surface area contributed by atoms with Crippen molar-refractivity contribution in [3.8, 4) is 0 Å². The fraction of sp³-hybridized carbons (Fsp3) is 0.950. The molecule has 136 valence electrons. The number of carbonyl (C=O) groups is 1. The second kappa shape index (κ2) is 6.60. The predicted octanol–water partition coefficient (Wildman–Crippen LogP) is 2.68. The SMILES string of the molecule is CC(C)CN1CCOC(CNC(=O)C23CC4CC(CC(C4)C2)C3)C1. The van der Waals surface area contributed by atoms with Crippen molar-refractivity contribution in [3.05, 3.63) is 0 Å². The Kier molecular flexibility index (Phi) is 4.63. The van der Waals surface area contributed by atoms with Gasteiger partial charge in [0, 0.05) is 31.6 Å². The van der Waals surface area contributed by atoms with Crippen LogP contribution in [-0.4, -0.2) is 49.7 Å². The van der Waals surface area contributed by atoms with Gasteiger partial charge in [0.2, 0.25) is 5.91 Å². The van der Waals surface area contributed by atoms with Gasteiger partial charge in [-0.2, -0.15) is 0 Å². The summed E-state index contributed by atoms with van der Waals surface area (Å²) in [5.41, 5.74) is -0.0267. The van der Waals surface area contributed by atoms with Crippen LogP contribution in [0.4, 0.5) is 0 Å². The number of hydrogen-bond acceptors (Lipinski definition) is 3. The zero-order valence-electron chi connectivity index (χ0n) is 15.4. The molecule has 1 saturated heterocycles. The fourth-order valence-corrected chi connectivity index (χ4v) is 6.37. The highest BCUT2D eigenvalue weighted by Crippen LogP contribution is 2.60. The van der Waals surface area contributed by atoms with Crippen LogP contribution in [0.15, 0.2) is 0 Å². The standard InChI is InChI=1S/C20H34N2O2/c1-14(2)12-22-3-4-24-18(13-22)11-21-19(23)20-8-15-5-16(9-20)7-17(6-15)10-20/h14-18H,3-13H2,1-2H3,(H,21,23). The van der Waals surface area contributed by atoms with Crippen LogP contribution in [0.1, 0.15) is 52.4 Å². The van der Waals surface area contributed by atoms with Crippen LogP contribution in [0.2, 0.25) is 0 Å². The molecule has 0 spiro atoms. The first-order valence-corrected chi connectivity index (χ1v) is 10.1. The summed E-state index contributed by atoms with van der Waals surface area (Å²) in [5, 5.41) is 3.29. The van der Waals surface area contributed by atoms with Gasteiger partial charge in [-0.25, -0.2) is 0 Å². The topological polar surface area (TPSA) is 41.6 Å². The molecule has 5 rings (SSSR count). The largest absolute Gasteiger partial charge is 0.374 e. The number of nitrogens with one attached hydrogen (secondary N) is 1. The minimum Gasteiger partial charge on any atom is -0.374 e. The summed E-state index contributed by atoms with van der Waals surface area (Å²) in [7, 11) is 0. The Morgan fingerprint density at radius 3 is 2.38 bits per heavy atom. The van der Waals surface area contributed by atoms with E-state index in [1.807, 2.05) is 0 Å². The molecule has 4 bridgehead atoms. The monoisotopic (exact) mass is 334 g/mol. The van der Waals surface area contributed by atoms with Crippen LogP contribution in [-0.2, 0) is 9.53 Å². The molecule has 24 heavy (non-hydrogen) atoms. The van der Waals surface area contributed by atoms with Gasteiger partial charge in [-0.05, 0) is 62.2 Å². The molecule has 1 heterocycles. The van der Waals surface area contributed by atoms with Gasteiger partial charge in [0.25, 0.3) is 0 Å². The molecule has 1 unspecified atom stereocenters. The average Bonchev–Trinajstić information content (AvgIpc) is 2.51. The van der Waals surface area contributed by atoms with E-state index in [1.165, 1.54) is 19.3 Å². The minimum absolute atomic E-state index is 0.0267. The van der Waals surface area contributed by atoms with E-state index in [1.54, 1.807) is 0 Å². The maximum absolute atomic E-state index is 13.0. The zero-order chi connectivity index (χ0) is 16.7. The zero-order valence-corrected chi connectivity index (χ0v) is 15.4. The van der Waals surface area contributed by atoms with Crippen LogP contribution in [0.5, 0.6) is 0 Å². The quantitative estimate of drug-likeness (QED) is 0.840. The summed E-state index contributed by atoms with van der Waals surface area (Å²) in [6.07, 6.45) is 7.78. The molecule has 5 fully saturated rings. The number of carbonyl (C=O) groups excluding carboxylic acids is 1. The molecule has 0 radical (unpaired) electrons. The normalized spacial score (nSPS) is 41.8. The lowest BCUT2D eigenvalue weighted by molar-refractivity contribution is -0.147. The third-order valence-electron chi connectivity index (χ3n) is 6.86. The lowest BCUT2D eigenvalue weighted by Gasteiger charge is -2.55. The van der Waals surface area contributed by atoms with Crippen molar-refractivity contribution in [3.63, 3.8) is 0 Å². The second-order valence-corrected chi connectivity index (χ2v) is 9.55. The Morgan fingerprint density at radius 2 is 1.79 bits per heavy atom. The van der Waals surface area contributed by atoms with Crippen molar-refractivity contribution in [1.29, 1.82) is 0 Å². The van der Waals surface area contributed by atoms with Crippen molar-refractivity contribution in [2.45, 2.75) is 58.5 Å². The van der Waals surface area contributed by atoms with Gasteiger partial charge < -0.3 is 10.1 Å². The molecule has 0 aromatic rings. The number of rotatable bonds is 5. The molecule has 0 aromatic heterocycles. The fourth-order valence-electron chi connectivity index (χ4n) is 6.37. The molecule has 4 aliphatic carbocycles. The van der Waals surface area contributed by atoms with E-state index in [4.69, 9.17) is 4.74 Å². The second-order valence-electron chi connectivity index (χ2n) is 9.55. The van der Waals surface area contributed by atoms with E-state index in [-0.39, 0.29) is 11.5 Å². The Morgan fingerprint density at radius 1 is 1.17 bits per heavy atom. The third kappa shape index (κ3) is 3.37. The molecule has 1 N–H and O–H groups in total. The van der Waals surface area contributed by atoms with Crippen LogP contribution < -0.4 is 5.32 Å². The lowest BCUT2D eigenvalue weighted by atomic mass is 9.49. The molecule has 1 atom stereocenters. The van der Waals surface area contributed by atoms with Gasteiger partial charge in [0.05, 0.1) is 12.7 Å². The van der Waals surface area contributed by atoms with Crippen LogP contribution in [0.3, 0.4) is 0 Å². The maximum atomic E-state index is 13.0. The van der Waals surface area contributed by atoms with Crippen LogP contribution in [0.25, 0.3) is 0 Å². The number of amides is 1. The smallest absolute Gasteiger partial charge is 0.226 e. The molecule has 0 aromatic carbocycles. The average molecular weight is 335 g/mol. The first-order valence-electron chi connectivity index (χ1n) is 10.1. The molecule has 4 heteroatoms. The first kappa shape index (κ1) is 16.8. The summed E-state index contributed by atoms with van der Waals surface area (Å²) in [4.78, 5) is 15.5. The molecule has 4 saturated carbocycles. The van der Waals surface area contributed by atoms with E-state index in [2.05, 4.69) is 24.1 Å². The van der Waals surface area contributed by atoms with E-state index >= 15 is 0 Å². The summed E-state index contributed by atoms with van der Waals surface area (Å²) >= 11 is 0. The molecular weight excluding hydrogens is 300 g/mol. The van der Waals surface area contributed by atoms with Gasteiger partial charge in [0.1, 0.15) is 0 Å². The molecular formula is C20H34N2O2. The highest BCUT2D eigenvalue weighted by Gasteiger charge is 2.54. The Bertz CT molecular complexity index is 441.